The molecule has 1 N–H and O–H groups in total. The van der Waals surface area contributed by atoms with Crippen LogP contribution < -0.4 is 0 Å². The summed E-state index contributed by atoms with van der Waals surface area (Å²) < 4.78 is 5.11. The first-order valence-electron chi connectivity index (χ1n) is 6.03. The maximum absolute atomic E-state index is 11.8. The van der Waals surface area contributed by atoms with E-state index in [9.17, 15) is 9.59 Å². The van der Waals surface area contributed by atoms with E-state index in [2.05, 4.69) is 4.99 Å². The van der Waals surface area contributed by atoms with Crippen molar-refractivity contribution in [3.63, 3.8) is 0 Å². The minimum absolute atomic E-state index is 0.189. The standard InChI is InChI=1S/C15H9NO4S/c17-14(18)10-5-3-9(4-6-10)8-11-15(19)20-13(16-11)12-2-1-7-21-12/h1-8H,(H,17,18). The minimum Gasteiger partial charge on any atom is -0.478 e. The number of esters is 1. The predicted octanol–water partition coefficient (Wildman–Crippen LogP) is 2.79. The lowest BCUT2D eigenvalue weighted by atomic mass is 10.1. The first kappa shape index (κ1) is 13.3. The summed E-state index contributed by atoms with van der Waals surface area (Å²) in [6, 6.07) is 9.84. The first-order chi connectivity index (χ1) is 10.1. The van der Waals surface area contributed by atoms with Crippen molar-refractivity contribution in [2.24, 2.45) is 4.99 Å². The fourth-order valence-corrected chi connectivity index (χ4v) is 2.44. The summed E-state index contributed by atoms with van der Waals surface area (Å²) in [5, 5.41) is 10.7. The van der Waals surface area contributed by atoms with Crippen LogP contribution in [0.15, 0.2) is 52.5 Å². The quantitative estimate of drug-likeness (QED) is 0.698. The smallest absolute Gasteiger partial charge is 0.363 e. The Bertz CT molecular complexity index is 757. The van der Waals surface area contributed by atoms with Gasteiger partial charge in [-0.05, 0) is 35.2 Å². The number of nitrogens with zero attached hydrogens (tertiary/aromatic N) is 1. The molecule has 0 saturated heterocycles. The molecule has 0 amide bonds. The van der Waals surface area contributed by atoms with E-state index in [-0.39, 0.29) is 11.3 Å². The second-order valence-electron chi connectivity index (χ2n) is 4.24. The molecular weight excluding hydrogens is 290 g/mol. The number of aromatic carboxylic acids is 1. The minimum atomic E-state index is -0.993. The molecule has 0 spiro atoms. The van der Waals surface area contributed by atoms with Crippen LogP contribution in [0.3, 0.4) is 0 Å². The van der Waals surface area contributed by atoms with Crippen LogP contribution in [0.5, 0.6) is 0 Å². The Morgan fingerprint density at radius 2 is 2.00 bits per heavy atom. The van der Waals surface area contributed by atoms with Gasteiger partial charge in [-0.15, -0.1) is 11.3 Å². The van der Waals surface area contributed by atoms with Gasteiger partial charge in [0.05, 0.1) is 10.4 Å². The molecule has 6 heteroatoms. The summed E-state index contributed by atoms with van der Waals surface area (Å²) in [5.41, 5.74) is 1.07. The number of thiophene rings is 1. The van der Waals surface area contributed by atoms with Crippen LogP contribution in [-0.2, 0) is 9.53 Å². The van der Waals surface area contributed by atoms with Gasteiger partial charge in [0.15, 0.2) is 5.70 Å². The number of hydrogen-bond acceptors (Lipinski definition) is 5. The van der Waals surface area contributed by atoms with Gasteiger partial charge in [0, 0.05) is 0 Å². The van der Waals surface area contributed by atoms with E-state index in [1.54, 1.807) is 18.2 Å². The van der Waals surface area contributed by atoms with E-state index < -0.39 is 11.9 Å². The molecule has 0 unspecified atom stereocenters. The molecule has 0 aliphatic carbocycles. The van der Waals surface area contributed by atoms with Gasteiger partial charge in [-0.1, -0.05) is 18.2 Å². The van der Waals surface area contributed by atoms with E-state index in [1.165, 1.54) is 23.5 Å². The number of cyclic esters (lactones) is 1. The SMILES string of the molecule is O=C1OC(c2cccs2)=NC1=Cc1ccc(C(=O)O)cc1. The van der Waals surface area contributed by atoms with Gasteiger partial charge in [0.25, 0.3) is 0 Å². The molecule has 104 valence electrons. The summed E-state index contributed by atoms with van der Waals surface area (Å²) in [7, 11) is 0. The molecule has 0 saturated carbocycles. The van der Waals surface area contributed by atoms with Crippen molar-refractivity contribution in [1.82, 2.24) is 0 Å². The highest BCUT2D eigenvalue weighted by Gasteiger charge is 2.24. The summed E-state index contributed by atoms with van der Waals surface area (Å²) in [6.45, 7) is 0. The van der Waals surface area contributed by atoms with Crippen molar-refractivity contribution in [2.45, 2.75) is 0 Å². The zero-order valence-electron chi connectivity index (χ0n) is 10.6. The van der Waals surface area contributed by atoms with Crippen LogP contribution in [0.25, 0.3) is 6.08 Å². The lowest BCUT2D eigenvalue weighted by Crippen LogP contribution is -2.03. The largest absolute Gasteiger partial charge is 0.478 e. The number of carbonyl (C=O) groups excluding carboxylic acids is 1. The zero-order chi connectivity index (χ0) is 14.8. The fourth-order valence-electron chi connectivity index (χ4n) is 1.79. The summed E-state index contributed by atoms with van der Waals surface area (Å²) in [5.74, 6) is -1.21. The van der Waals surface area contributed by atoms with Gasteiger partial charge in [-0.2, -0.15) is 0 Å². The van der Waals surface area contributed by atoms with Gasteiger partial charge in [0.1, 0.15) is 0 Å². The highest BCUT2D eigenvalue weighted by molar-refractivity contribution is 7.12. The van der Waals surface area contributed by atoms with Crippen molar-refractivity contribution in [1.29, 1.82) is 0 Å². The number of carbonyl (C=O) groups is 2. The number of carboxylic acids is 1. The van der Waals surface area contributed by atoms with Gasteiger partial charge < -0.3 is 9.84 Å². The van der Waals surface area contributed by atoms with E-state index in [1.807, 2.05) is 17.5 Å². The second kappa shape index (κ2) is 5.34. The predicted molar refractivity (Wildman–Crippen MR) is 78.3 cm³/mol. The lowest BCUT2D eigenvalue weighted by molar-refractivity contribution is -0.129. The monoisotopic (exact) mass is 299 g/mol. The van der Waals surface area contributed by atoms with Crippen LogP contribution >= 0.6 is 11.3 Å². The molecule has 5 nitrogen and oxygen atoms in total. The van der Waals surface area contributed by atoms with E-state index >= 15 is 0 Å². The Morgan fingerprint density at radius 3 is 2.62 bits per heavy atom. The molecule has 1 aliphatic heterocycles. The molecule has 3 rings (SSSR count). The normalized spacial score (nSPS) is 15.9. The van der Waals surface area contributed by atoms with Gasteiger partial charge >= 0.3 is 11.9 Å². The Kier molecular flexibility index (Phi) is 3.37. The molecule has 0 fully saturated rings. The summed E-state index contributed by atoms with van der Waals surface area (Å²) in [4.78, 5) is 27.5. The van der Waals surface area contributed by atoms with E-state index in [4.69, 9.17) is 9.84 Å². The van der Waals surface area contributed by atoms with E-state index in [0.29, 0.717) is 11.5 Å². The maximum atomic E-state index is 11.8. The number of carboxylic acid groups (broad SMARTS) is 1. The number of rotatable bonds is 3. The van der Waals surface area contributed by atoms with Crippen LogP contribution in [-0.4, -0.2) is 22.9 Å². The molecule has 1 aromatic heterocycles. The lowest BCUT2D eigenvalue weighted by Gasteiger charge is -1.96. The number of aliphatic imine (C=N–C) groups is 1. The van der Waals surface area contributed by atoms with E-state index in [0.717, 1.165) is 4.88 Å². The van der Waals surface area contributed by atoms with Crippen molar-refractivity contribution in [3.8, 4) is 0 Å². The first-order valence-corrected chi connectivity index (χ1v) is 6.91. The second-order valence-corrected chi connectivity index (χ2v) is 5.19. The molecule has 21 heavy (non-hydrogen) atoms. The van der Waals surface area contributed by atoms with Gasteiger partial charge in [-0.3, -0.25) is 0 Å². The molecule has 1 aromatic carbocycles. The summed E-state index contributed by atoms with van der Waals surface area (Å²) in [6.07, 6.45) is 1.56. The zero-order valence-corrected chi connectivity index (χ0v) is 11.5. The Labute approximate surface area is 123 Å². The molecule has 2 heterocycles. The number of hydrogen-bond donors (Lipinski definition) is 1. The number of ether oxygens (including phenoxy) is 1. The third-order valence-corrected chi connectivity index (χ3v) is 3.67. The molecule has 0 atom stereocenters. The third kappa shape index (κ3) is 2.75. The van der Waals surface area contributed by atoms with Crippen LogP contribution in [0.1, 0.15) is 20.8 Å². The van der Waals surface area contributed by atoms with Crippen molar-refractivity contribution in [3.05, 3.63) is 63.5 Å². The van der Waals surface area contributed by atoms with Crippen molar-refractivity contribution in [2.75, 3.05) is 0 Å². The molecular formula is C15H9NO4S. The number of benzene rings is 1. The Hall–Kier alpha value is -2.73. The fraction of sp³-hybridized carbons (Fsp3) is 0. The van der Waals surface area contributed by atoms with Crippen LogP contribution in [0.4, 0.5) is 0 Å². The molecule has 1 aliphatic rings. The topological polar surface area (TPSA) is 76.0 Å². The van der Waals surface area contributed by atoms with Gasteiger partial charge in [-0.25, -0.2) is 14.6 Å². The molecule has 0 bridgehead atoms. The van der Waals surface area contributed by atoms with Gasteiger partial charge in [0.2, 0.25) is 5.90 Å². The van der Waals surface area contributed by atoms with Crippen LogP contribution in [0, 0.1) is 0 Å². The average molecular weight is 299 g/mol. The average Bonchev–Trinajstić information content (AvgIpc) is 3.10. The van der Waals surface area contributed by atoms with Crippen molar-refractivity contribution >= 4 is 35.2 Å². The molecule has 2 aromatic rings. The highest BCUT2D eigenvalue weighted by atomic mass is 32.1. The third-order valence-electron chi connectivity index (χ3n) is 2.81. The maximum Gasteiger partial charge on any atom is 0.363 e. The Morgan fingerprint density at radius 1 is 1.24 bits per heavy atom. The van der Waals surface area contributed by atoms with Crippen LogP contribution in [0.2, 0.25) is 0 Å². The molecule has 0 radical (unpaired) electrons. The Balaban J connectivity index is 1.89. The highest BCUT2D eigenvalue weighted by Crippen LogP contribution is 2.21. The summed E-state index contributed by atoms with van der Waals surface area (Å²) >= 11 is 1.44. The van der Waals surface area contributed by atoms with Crippen molar-refractivity contribution < 1.29 is 19.4 Å².